The Labute approximate surface area is 203 Å². The summed E-state index contributed by atoms with van der Waals surface area (Å²) in [5, 5.41) is 11.8. The van der Waals surface area contributed by atoms with Crippen molar-refractivity contribution < 1.29 is 28.7 Å². The molecule has 0 aliphatic carbocycles. The number of hydrogen-bond donors (Lipinski definition) is 2. The predicted octanol–water partition coefficient (Wildman–Crippen LogP) is 5.28. The van der Waals surface area contributed by atoms with Crippen molar-refractivity contribution in [3.63, 3.8) is 0 Å². The summed E-state index contributed by atoms with van der Waals surface area (Å²) in [5.41, 5.74) is 2.03. The van der Waals surface area contributed by atoms with E-state index < -0.39 is 29.6 Å². The lowest BCUT2D eigenvalue weighted by atomic mass is 10.0. The smallest absolute Gasteiger partial charge is 0.335 e. The van der Waals surface area contributed by atoms with Gasteiger partial charge in [0.1, 0.15) is 18.1 Å². The number of rotatable bonds is 6. The number of carbonyl (C=O) groups excluding carboxylic acids is 3. The van der Waals surface area contributed by atoms with Crippen molar-refractivity contribution in [3.8, 4) is 11.3 Å². The Morgan fingerprint density at radius 1 is 1.12 bits per heavy atom. The summed E-state index contributed by atoms with van der Waals surface area (Å²) in [4.78, 5) is 49.6. The third-order valence-corrected chi connectivity index (χ3v) is 6.11. The van der Waals surface area contributed by atoms with Crippen LogP contribution in [0.15, 0.2) is 63.9 Å². The summed E-state index contributed by atoms with van der Waals surface area (Å²) in [7, 11) is 0. The Bertz CT molecular complexity index is 1350. The van der Waals surface area contributed by atoms with E-state index in [2.05, 4.69) is 5.32 Å². The van der Waals surface area contributed by atoms with Crippen LogP contribution in [-0.4, -0.2) is 39.6 Å². The molecule has 1 aliphatic rings. The molecule has 1 saturated heterocycles. The molecule has 2 aromatic carbocycles. The Morgan fingerprint density at radius 3 is 2.56 bits per heavy atom. The number of thioether (sulfide) groups is 1. The van der Waals surface area contributed by atoms with Gasteiger partial charge in [0.25, 0.3) is 11.1 Å². The molecule has 3 aromatic rings. The second-order valence-corrected chi connectivity index (χ2v) is 8.79. The van der Waals surface area contributed by atoms with E-state index >= 15 is 0 Å². The Morgan fingerprint density at radius 2 is 1.85 bits per heavy atom. The first kappa shape index (κ1) is 23.3. The number of carbonyl (C=O) groups is 4. The number of carboxylic acids is 1. The first-order valence-electron chi connectivity index (χ1n) is 9.96. The standard InChI is InChI=1S/C24H17ClN2O6S/c1-13-2-3-14(23(30)31)10-18(13)19-9-8-17(33-19)11-20-22(29)27(24(32)34-20)12-21(28)26-16-6-4-15(25)5-7-16/h2-11H,12H2,1H3,(H,26,28)(H,30,31)/b20-11-. The zero-order chi connectivity index (χ0) is 24.4. The third kappa shape index (κ3) is 5.05. The van der Waals surface area contributed by atoms with Crippen molar-refractivity contribution >= 4 is 58.1 Å². The van der Waals surface area contributed by atoms with E-state index in [4.69, 9.17) is 16.0 Å². The number of nitrogens with zero attached hydrogens (tertiary/aromatic N) is 1. The molecular weight excluding hydrogens is 480 g/mol. The lowest BCUT2D eigenvalue weighted by molar-refractivity contribution is -0.127. The van der Waals surface area contributed by atoms with Gasteiger partial charge in [0, 0.05) is 22.3 Å². The Hall–Kier alpha value is -3.82. The number of carboxylic acid groups (broad SMARTS) is 1. The normalized spacial score (nSPS) is 14.6. The molecule has 0 radical (unpaired) electrons. The predicted molar refractivity (Wildman–Crippen MR) is 129 cm³/mol. The molecule has 1 aliphatic heterocycles. The number of benzene rings is 2. The molecule has 2 N–H and O–H groups in total. The quantitative estimate of drug-likeness (QED) is 0.446. The summed E-state index contributed by atoms with van der Waals surface area (Å²) < 4.78 is 5.78. The molecule has 2 heterocycles. The molecule has 10 heteroatoms. The second kappa shape index (κ2) is 9.58. The molecule has 1 fully saturated rings. The van der Waals surface area contributed by atoms with Crippen LogP contribution in [0.4, 0.5) is 10.5 Å². The highest BCUT2D eigenvalue weighted by molar-refractivity contribution is 8.18. The van der Waals surface area contributed by atoms with Gasteiger partial charge in [-0.3, -0.25) is 19.3 Å². The van der Waals surface area contributed by atoms with Crippen molar-refractivity contribution in [2.45, 2.75) is 6.92 Å². The zero-order valence-electron chi connectivity index (χ0n) is 17.7. The average molecular weight is 497 g/mol. The molecular formula is C24H17ClN2O6S. The Balaban J connectivity index is 1.48. The van der Waals surface area contributed by atoms with Crippen LogP contribution in [-0.2, 0) is 9.59 Å². The van der Waals surface area contributed by atoms with Gasteiger partial charge in [-0.2, -0.15) is 0 Å². The first-order valence-corrected chi connectivity index (χ1v) is 11.2. The average Bonchev–Trinajstić information content (AvgIpc) is 3.35. The molecule has 3 amide bonds. The van der Waals surface area contributed by atoms with E-state index in [1.807, 2.05) is 6.92 Å². The van der Waals surface area contributed by atoms with Crippen LogP contribution in [0.2, 0.25) is 5.02 Å². The first-order chi connectivity index (χ1) is 16.2. The van der Waals surface area contributed by atoms with Crippen molar-refractivity contribution in [1.29, 1.82) is 0 Å². The number of aryl methyl sites for hydroxylation is 1. The summed E-state index contributed by atoms with van der Waals surface area (Å²) in [5.74, 6) is -1.45. The number of imide groups is 1. The molecule has 0 bridgehead atoms. The monoisotopic (exact) mass is 496 g/mol. The molecule has 0 unspecified atom stereocenters. The van der Waals surface area contributed by atoms with Crippen molar-refractivity contribution in [1.82, 2.24) is 4.90 Å². The lowest BCUT2D eigenvalue weighted by Gasteiger charge is -2.12. The van der Waals surface area contributed by atoms with Crippen molar-refractivity contribution in [3.05, 3.63) is 81.4 Å². The van der Waals surface area contributed by atoms with Crippen molar-refractivity contribution in [2.75, 3.05) is 11.9 Å². The maximum absolute atomic E-state index is 12.7. The van der Waals surface area contributed by atoms with Gasteiger partial charge in [0.2, 0.25) is 5.91 Å². The summed E-state index contributed by atoms with van der Waals surface area (Å²) in [6.07, 6.45) is 1.42. The molecule has 1 aromatic heterocycles. The maximum atomic E-state index is 12.7. The number of hydrogen-bond acceptors (Lipinski definition) is 6. The van der Waals surface area contributed by atoms with E-state index in [0.29, 0.717) is 39.6 Å². The molecule has 8 nitrogen and oxygen atoms in total. The van der Waals surface area contributed by atoms with Crippen LogP contribution < -0.4 is 5.32 Å². The summed E-state index contributed by atoms with van der Waals surface area (Å²) in [6, 6.07) is 14.4. The van der Waals surface area contributed by atoms with Crippen LogP contribution >= 0.6 is 23.4 Å². The number of furan rings is 1. The maximum Gasteiger partial charge on any atom is 0.335 e. The zero-order valence-corrected chi connectivity index (χ0v) is 19.3. The second-order valence-electron chi connectivity index (χ2n) is 7.36. The number of halogens is 1. The minimum atomic E-state index is -1.05. The minimum Gasteiger partial charge on any atom is -0.478 e. The molecule has 172 valence electrons. The largest absolute Gasteiger partial charge is 0.478 e. The molecule has 34 heavy (non-hydrogen) atoms. The van der Waals surface area contributed by atoms with Gasteiger partial charge in [0.15, 0.2) is 0 Å². The Kier molecular flexibility index (Phi) is 6.58. The van der Waals surface area contributed by atoms with E-state index in [-0.39, 0.29) is 10.5 Å². The third-order valence-electron chi connectivity index (χ3n) is 4.95. The van der Waals surface area contributed by atoms with Crippen LogP contribution in [0.5, 0.6) is 0 Å². The fourth-order valence-corrected chi connectivity index (χ4v) is 4.18. The topological polar surface area (TPSA) is 117 Å². The van der Waals surface area contributed by atoms with E-state index in [0.717, 1.165) is 10.5 Å². The van der Waals surface area contributed by atoms with Gasteiger partial charge in [0.05, 0.1) is 10.5 Å². The van der Waals surface area contributed by atoms with E-state index in [1.165, 1.54) is 18.2 Å². The van der Waals surface area contributed by atoms with Crippen LogP contribution in [0.1, 0.15) is 21.7 Å². The molecule has 0 atom stereocenters. The van der Waals surface area contributed by atoms with Gasteiger partial charge in [-0.15, -0.1) is 0 Å². The number of anilines is 1. The minimum absolute atomic E-state index is 0.112. The highest BCUT2D eigenvalue weighted by Crippen LogP contribution is 2.34. The van der Waals surface area contributed by atoms with E-state index in [1.54, 1.807) is 42.5 Å². The van der Waals surface area contributed by atoms with Crippen LogP contribution in [0.3, 0.4) is 0 Å². The van der Waals surface area contributed by atoms with Crippen LogP contribution in [0, 0.1) is 6.92 Å². The summed E-state index contributed by atoms with van der Waals surface area (Å²) in [6.45, 7) is 1.39. The lowest BCUT2D eigenvalue weighted by Crippen LogP contribution is -2.36. The summed E-state index contributed by atoms with van der Waals surface area (Å²) >= 11 is 6.52. The van der Waals surface area contributed by atoms with Gasteiger partial charge in [-0.1, -0.05) is 17.7 Å². The molecule has 4 rings (SSSR count). The van der Waals surface area contributed by atoms with E-state index in [9.17, 15) is 24.3 Å². The molecule has 0 spiro atoms. The van der Waals surface area contributed by atoms with Crippen molar-refractivity contribution in [2.24, 2.45) is 0 Å². The van der Waals surface area contributed by atoms with Gasteiger partial charge in [-0.25, -0.2) is 4.79 Å². The molecule has 0 saturated carbocycles. The highest BCUT2D eigenvalue weighted by atomic mass is 35.5. The highest BCUT2D eigenvalue weighted by Gasteiger charge is 2.36. The van der Waals surface area contributed by atoms with Gasteiger partial charge in [-0.05, 0) is 72.8 Å². The number of amides is 3. The van der Waals surface area contributed by atoms with Gasteiger partial charge < -0.3 is 14.8 Å². The van der Waals surface area contributed by atoms with Gasteiger partial charge >= 0.3 is 5.97 Å². The van der Waals surface area contributed by atoms with Crippen LogP contribution in [0.25, 0.3) is 17.4 Å². The SMILES string of the molecule is Cc1ccc(C(=O)O)cc1-c1ccc(/C=C2\SC(=O)N(CC(=O)Nc3ccc(Cl)cc3)C2=O)o1. The fourth-order valence-electron chi connectivity index (χ4n) is 3.24. The number of aromatic carboxylic acids is 1. The fraction of sp³-hybridized carbons (Fsp3) is 0.0833. The number of nitrogens with one attached hydrogen (secondary N) is 1.